The van der Waals surface area contributed by atoms with Gasteiger partial charge in [-0.2, -0.15) is 5.26 Å². The van der Waals surface area contributed by atoms with E-state index < -0.39 is 0 Å². The molecule has 0 aromatic rings. The monoisotopic (exact) mass is 192 g/mol. The van der Waals surface area contributed by atoms with Crippen molar-refractivity contribution in [3.05, 3.63) is 12.7 Å². The molecule has 1 aliphatic heterocycles. The van der Waals surface area contributed by atoms with Gasteiger partial charge in [-0.15, -0.1) is 6.58 Å². The van der Waals surface area contributed by atoms with E-state index >= 15 is 0 Å². The summed E-state index contributed by atoms with van der Waals surface area (Å²) in [7, 11) is 0. The number of nitriles is 1. The van der Waals surface area contributed by atoms with Gasteiger partial charge in [-0.3, -0.25) is 0 Å². The average molecular weight is 192 g/mol. The largest absolute Gasteiger partial charge is 0.303 e. The topological polar surface area (TPSA) is 27.0 Å². The van der Waals surface area contributed by atoms with Crippen LogP contribution in [-0.4, -0.2) is 24.5 Å². The maximum Gasteiger partial charge on any atom is 0.0687 e. The molecule has 0 N–H and O–H groups in total. The Morgan fingerprint density at radius 3 is 2.64 bits per heavy atom. The Kier molecular flexibility index (Phi) is 4.16. The normalized spacial score (nSPS) is 21.4. The van der Waals surface area contributed by atoms with E-state index in [0.717, 1.165) is 38.9 Å². The Morgan fingerprint density at radius 1 is 1.50 bits per heavy atom. The molecular formula is C12H20N2. The highest BCUT2D eigenvalue weighted by Gasteiger charge is 2.29. The van der Waals surface area contributed by atoms with Crippen LogP contribution in [0.25, 0.3) is 0 Å². The molecule has 0 aromatic carbocycles. The molecule has 0 spiro atoms. The van der Waals surface area contributed by atoms with Gasteiger partial charge in [0.1, 0.15) is 0 Å². The van der Waals surface area contributed by atoms with Crippen molar-refractivity contribution in [3.8, 4) is 6.07 Å². The molecule has 1 heterocycles. The van der Waals surface area contributed by atoms with Crippen LogP contribution < -0.4 is 0 Å². The smallest absolute Gasteiger partial charge is 0.0687 e. The lowest BCUT2D eigenvalue weighted by Gasteiger charge is -2.34. The van der Waals surface area contributed by atoms with Crippen molar-refractivity contribution in [3.63, 3.8) is 0 Å². The van der Waals surface area contributed by atoms with Crippen molar-refractivity contribution in [1.82, 2.24) is 4.90 Å². The molecule has 1 fully saturated rings. The first-order valence-corrected chi connectivity index (χ1v) is 5.45. The summed E-state index contributed by atoms with van der Waals surface area (Å²) in [6, 6.07) is 2.43. The van der Waals surface area contributed by atoms with E-state index in [0.29, 0.717) is 0 Å². The second-order valence-corrected chi connectivity index (χ2v) is 4.45. The first kappa shape index (κ1) is 11.3. The number of piperidine rings is 1. The standard InChI is InChI=1S/C12H20N2/c1-3-4-5-8-14-9-6-12(2,11-13)7-10-14/h3H,1,4-10H2,2H3. The van der Waals surface area contributed by atoms with Crippen LogP contribution in [0.3, 0.4) is 0 Å². The van der Waals surface area contributed by atoms with Crippen molar-refractivity contribution in [2.45, 2.75) is 32.6 Å². The van der Waals surface area contributed by atoms with Crippen molar-refractivity contribution < 1.29 is 0 Å². The van der Waals surface area contributed by atoms with E-state index in [-0.39, 0.29) is 5.41 Å². The van der Waals surface area contributed by atoms with Crippen LogP contribution in [0.2, 0.25) is 0 Å². The van der Waals surface area contributed by atoms with Gasteiger partial charge in [-0.05, 0) is 52.2 Å². The molecule has 2 nitrogen and oxygen atoms in total. The maximum atomic E-state index is 8.97. The van der Waals surface area contributed by atoms with Gasteiger partial charge in [0.15, 0.2) is 0 Å². The Labute approximate surface area is 87.2 Å². The predicted molar refractivity (Wildman–Crippen MR) is 58.8 cm³/mol. The van der Waals surface area contributed by atoms with Crippen molar-refractivity contribution >= 4 is 0 Å². The van der Waals surface area contributed by atoms with Gasteiger partial charge in [0.25, 0.3) is 0 Å². The highest BCUT2D eigenvalue weighted by Crippen LogP contribution is 2.29. The zero-order valence-corrected chi connectivity index (χ0v) is 9.13. The molecule has 0 amide bonds. The zero-order chi connectivity index (χ0) is 10.4. The third-order valence-corrected chi connectivity index (χ3v) is 3.11. The Morgan fingerprint density at radius 2 is 2.14 bits per heavy atom. The fourth-order valence-corrected chi connectivity index (χ4v) is 1.84. The first-order valence-electron chi connectivity index (χ1n) is 5.45. The minimum absolute atomic E-state index is 0.0606. The molecule has 0 unspecified atom stereocenters. The lowest BCUT2D eigenvalue weighted by molar-refractivity contribution is 0.156. The van der Waals surface area contributed by atoms with E-state index in [1.165, 1.54) is 6.42 Å². The number of hydrogen-bond acceptors (Lipinski definition) is 2. The van der Waals surface area contributed by atoms with E-state index in [9.17, 15) is 0 Å². The molecular weight excluding hydrogens is 172 g/mol. The van der Waals surface area contributed by atoms with Crippen LogP contribution in [0.1, 0.15) is 32.6 Å². The van der Waals surface area contributed by atoms with Crippen LogP contribution in [0.15, 0.2) is 12.7 Å². The summed E-state index contributed by atoms with van der Waals surface area (Å²) >= 11 is 0. The second-order valence-electron chi connectivity index (χ2n) is 4.45. The van der Waals surface area contributed by atoms with Gasteiger partial charge < -0.3 is 4.90 Å². The third-order valence-electron chi connectivity index (χ3n) is 3.11. The number of likely N-dealkylation sites (tertiary alicyclic amines) is 1. The molecule has 0 saturated carbocycles. The summed E-state index contributed by atoms with van der Waals surface area (Å²) in [5, 5.41) is 8.97. The molecule has 1 rings (SSSR count). The first-order chi connectivity index (χ1) is 6.70. The van der Waals surface area contributed by atoms with E-state index in [1.807, 2.05) is 6.08 Å². The minimum atomic E-state index is -0.0606. The van der Waals surface area contributed by atoms with E-state index in [4.69, 9.17) is 5.26 Å². The second kappa shape index (κ2) is 5.17. The van der Waals surface area contributed by atoms with Gasteiger partial charge in [-0.1, -0.05) is 6.08 Å². The highest BCUT2D eigenvalue weighted by molar-refractivity contribution is 4.98. The average Bonchev–Trinajstić information content (AvgIpc) is 2.22. The number of rotatable bonds is 4. The lowest BCUT2D eigenvalue weighted by atomic mass is 9.82. The van der Waals surface area contributed by atoms with Crippen molar-refractivity contribution in [1.29, 1.82) is 5.26 Å². The van der Waals surface area contributed by atoms with Crippen LogP contribution in [0, 0.1) is 16.7 Å². The number of hydrogen-bond donors (Lipinski definition) is 0. The van der Waals surface area contributed by atoms with Gasteiger partial charge in [0, 0.05) is 0 Å². The fraction of sp³-hybridized carbons (Fsp3) is 0.750. The van der Waals surface area contributed by atoms with Gasteiger partial charge >= 0.3 is 0 Å². The summed E-state index contributed by atoms with van der Waals surface area (Å²) in [4.78, 5) is 2.46. The number of nitrogens with zero attached hydrogens (tertiary/aromatic N) is 2. The molecule has 0 radical (unpaired) electrons. The number of unbranched alkanes of at least 4 members (excludes halogenated alkanes) is 1. The van der Waals surface area contributed by atoms with Crippen LogP contribution >= 0.6 is 0 Å². The highest BCUT2D eigenvalue weighted by atomic mass is 15.1. The molecule has 78 valence electrons. The van der Waals surface area contributed by atoms with Crippen LogP contribution in [-0.2, 0) is 0 Å². The van der Waals surface area contributed by atoms with Gasteiger partial charge in [0.2, 0.25) is 0 Å². The molecule has 0 aromatic heterocycles. The molecule has 0 aliphatic carbocycles. The van der Waals surface area contributed by atoms with Crippen molar-refractivity contribution in [2.24, 2.45) is 5.41 Å². The van der Waals surface area contributed by atoms with Gasteiger partial charge in [-0.25, -0.2) is 0 Å². The summed E-state index contributed by atoms with van der Waals surface area (Å²) in [6.07, 6.45) is 6.33. The molecule has 14 heavy (non-hydrogen) atoms. The molecule has 1 saturated heterocycles. The molecule has 1 aliphatic rings. The number of allylic oxidation sites excluding steroid dienone is 1. The lowest BCUT2D eigenvalue weighted by Crippen LogP contribution is -2.38. The molecule has 0 bridgehead atoms. The maximum absolute atomic E-state index is 8.97. The van der Waals surface area contributed by atoms with Gasteiger partial charge in [0.05, 0.1) is 11.5 Å². The summed E-state index contributed by atoms with van der Waals surface area (Å²) in [5.41, 5.74) is -0.0606. The Bertz CT molecular complexity index is 219. The van der Waals surface area contributed by atoms with E-state index in [2.05, 4.69) is 24.5 Å². The van der Waals surface area contributed by atoms with E-state index in [1.54, 1.807) is 0 Å². The summed E-state index contributed by atoms with van der Waals surface area (Å²) < 4.78 is 0. The van der Waals surface area contributed by atoms with Crippen LogP contribution in [0.4, 0.5) is 0 Å². The fourth-order valence-electron chi connectivity index (χ4n) is 1.84. The van der Waals surface area contributed by atoms with Crippen LogP contribution in [0.5, 0.6) is 0 Å². The zero-order valence-electron chi connectivity index (χ0n) is 9.13. The summed E-state index contributed by atoms with van der Waals surface area (Å²) in [5.74, 6) is 0. The summed E-state index contributed by atoms with van der Waals surface area (Å²) in [6.45, 7) is 9.12. The van der Waals surface area contributed by atoms with Crippen molar-refractivity contribution in [2.75, 3.05) is 19.6 Å². The SMILES string of the molecule is C=CCCCN1CCC(C)(C#N)CC1. The Hall–Kier alpha value is -0.810. The molecule has 0 atom stereocenters. The quantitative estimate of drug-likeness (QED) is 0.505. The predicted octanol–water partition coefficient (Wildman–Crippen LogP) is 2.58. The molecule has 2 heteroatoms. The minimum Gasteiger partial charge on any atom is -0.303 e. The third kappa shape index (κ3) is 3.16. The Balaban J connectivity index is 2.23.